The summed E-state index contributed by atoms with van der Waals surface area (Å²) in [7, 11) is 0. The molecule has 6 heteroatoms. The van der Waals surface area contributed by atoms with Crippen LogP contribution in [0.1, 0.15) is 6.42 Å². The molecule has 2 nitrogen and oxygen atoms in total. The Hall–Kier alpha value is -0.510. The molecule has 1 aromatic carbocycles. The van der Waals surface area contributed by atoms with Crippen LogP contribution in [0.2, 0.25) is 5.02 Å². The van der Waals surface area contributed by atoms with Crippen molar-refractivity contribution in [1.82, 2.24) is 0 Å². The van der Waals surface area contributed by atoms with Crippen molar-refractivity contribution in [1.29, 1.82) is 0 Å². The van der Waals surface area contributed by atoms with Crippen molar-refractivity contribution in [2.45, 2.75) is 10.8 Å². The molecule has 0 saturated heterocycles. The smallest absolute Gasteiger partial charge is 0.230 e. The fourth-order valence-corrected chi connectivity index (χ4v) is 1.99. The Morgan fingerprint density at radius 3 is 2.62 bits per heavy atom. The van der Waals surface area contributed by atoms with E-state index in [1.54, 1.807) is 0 Å². The second-order valence-electron chi connectivity index (χ2n) is 3.64. The fourth-order valence-electron chi connectivity index (χ4n) is 1.30. The topological polar surface area (TPSA) is 29.1 Å². The van der Waals surface area contributed by atoms with Gasteiger partial charge in [0.1, 0.15) is 10.2 Å². The first-order valence-corrected chi connectivity index (χ1v) is 5.67. The first-order chi connectivity index (χ1) is 7.40. The van der Waals surface area contributed by atoms with Crippen LogP contribution in [0.25, 0.3) is 0 Å². The van der Waals surface area contributed by atoms with Crippen LogP contribution >= 0.6 is 34.8 Å². The van der Waals surface area contributed by atoms with E-state index in [1.165, 1.54) is 18.2 Å². The summed E-state index contributed by atoms with van der Waals surface area (Å²) in [5, 5.41) is 2.52. The molecule has 16 heavy (non-hydrogen) atoms. The first kappa shape index (κ1) is 12.0. The SMILES string of the molecule is O=C(Nc1ccc(F)c(Cl)c1)[C@H]1CC1(Cl)Cl. The Balaban J connectivity index is 2.05. The summed E-state index contributed by atoms with van der Waals surface area (Å²) in [6.45, 7) is 0. The van der Waals surface area contributed by atoms with Crippen LogP contribution in [-0.2, 0) is 4.79 Å². The number of hydrogen-bond acceptors (Lipinski definition) is 1. The van der Waals surface area contributed by atoms with Crippen LogP contribution in [0.5, 0.6) is 0 Å². The quantitative estimate of drug-likeness (QED) is 0.825. The minimum absolute atomic E-state index is 0.0448. The molecule has 0 bridgehead atoms. The second-order valence-corrected chi connectivity index (χ2v) is 5.59. The van der Waals surface area contributed by atoms with E-state index in [4.69, 9.17) is 34.8 Å². The molecule has 1 N–H and O–H groups in total. The number of benzene rings is 1. The fraction of sp³-hybridized carbons (Fsp3) is 0.300. The predicted octanol–water partition coefficient (Wildman–Crippen LogP) is 3.61. The molecule has 0 aromatic heterocycles. The van der Waals surface area contributed by atoms with Crippen LogP contribution in [0.4, 0.5) is 10.1 Å². The zero-order chi connectivity index (χ0) is 11.9. The van der Waals surface area contributed by atoms with Gasteiger partial charge in [0.15, 0.2) is 0 Å². The molecule has 1 fully saturated rings. The number of nitrogens with one attached hydrogen (secondary N) is 1. The Bertz CT molecular complexity index is 450. The van der Waals surface area contributed by atoms with Crippen LogP contribution in [0, 0.1) is 11.7 Å². The van der Waals surface area contributed by atoms with Gasteiger partial charge in [0.25, 0.3) is 0 Å². The number of halogens is 4. The Kier molecular flexibility index (Phi) is 3.03. The minimum Gasteiger partial charge on any atom is -0.326 e. The molecule has 0 radical (unpaired) electrons. The first-order valence-electron chi connectivity index (χ1n) is 4.54. The molecule has 1 aliphatic rings. The van der Waals surface area contributed by atoms with Gasteiger partial charge < -0.3 is 5.32 Å². The van der Waals surface area contributed by atoms with Crippen LogP contribution in [0.3, 0.4) is 0 Å². The summed E-state index contributed by atoms with van der Waals surface area (Å²) in [5.41, 5.74) is 0.424. The van der Waals surface area contributed by atoms with Gasteiger partial charge in [-0.05, 0) is 24.6 Å². The normalized spacial score (nSPS) is 21.6. The van der Waals surface area contributed by atoms with Crippen molar-refractivity contribution in [2.24, 2.45) is 5.92 Å². The van der Waals surface area contributed by atoms with Gasteiger partial charge in [0, 0.05) is 5.69 Å². The van der Waals surface area contributed by atoms with Gasteiger partial charge >= 0.3 is 0 Å². The Morgan fingerprint density at radius 1 is 1.50 bits per heavy atom. The maximum atomic E-state index is 12.8. The minimum atomic E-state index is -0.964. The van der Waals surface area contributed by atoms with Crippen molar-refractivity contribution in [3.63, 3.8) is 0 Å². The summed E-state index contributed by atoms with van der Waals surface area (Å²) in [4.78, 5) is 11.6. The monoisotopic (exact) mass is 281 g/mol. The molecular weight excluding hydrogens is 275 g/mol. The maximum Gasteiger partial charge on any atom is 0.230 e. The van der Waals surface area contributed by atoms with E-state index in [-0.39, 0.29) is 10.9 Å². The van der Waals surface area contributed by atoms with Gasteiger partial charge in [-0.3, -0.25) is 4.79 Å². The molecule has 1 saturated carbocycles. The van der Waals surface area contributed by atoms with Crippen molar-refractivity contribution in [3.8, 4) is 0 Å². The van der Waals surface area contributed by atoms with Gasteiger partial charge in [-0.1, -0.05) is 11.6 Å². The molecule has 0 aliphatic heterocycles. The van der Waals surface area contributed by atoms with E-state index >= 15 is 0 Å². The number of hydrogen-bond donors (Lipinski definition) is 1. The molecular formula is C10H7Cl3FNO. The number of carbonyl (C=O) groups is 1. The lowest BCUT2D eigenvalue weighted by molar-refractivity contribution is -0.117. The number of anilines is 1. The highest BCUT2D eigenvalue weighted by Gasteiger charge is 2.56. The molecule has 1 atom stereocenters. The van der Waals surface area contributed by atoms with Gasteiger partial charge in [-0.15, -0.1) is 23.2 Å². The van der Waals surface area contributed by atoms with E-state index in [0.29, 0.717) is 12.1 Å². The van der Waals surface area contributed by atoms with Gasteiger partial charge in [0.05, 0.1) is 10.9 Å². The third-order valence-corrected chi connectivity index (χ3v) is 3.45. The van der Waals surface area contributed by atoms with Gasteiger partial charge in [0.2, 0.25) is 5.91 Å². The number of amides is 1. The molecule has 1 aliphatic carbocycles. The van der Waals surface area contributed by atoms with Crippen molar-refractivity contribution in [3.05, 3.63) is 29.0 Å². The van der Waals surface area contributed by atoms with Gasteiger partial charge in [-0.25, -0.2) is 4.39 Å². The van der Waals surface area contributed by atoms with E-state index < -0.39 is 16.1 Å². The highest BCUT2D eigenvalue weighted by atomic mass is 35.5. The van der Waals surface area contributed by atoms with E-state index in [2.05, 4.69) is 5.32 Å². The number of carbonyl (C=O) groups excluding carboxylic acids is 1. The summed E-state index contributed by atoms with van der Waals surface area (Å²) in [6.07, 6.45) is 0.427. The Labute approximate surface area is 107 Å². The van der Waals surface area contributed by atoms with E-state index in [1.807, 2.05) is 0 Å². The molecule has 1 aromatic rings. The second kappa shape index (κ2) is 4.06. The van der Waals surface area contributed by atoms with Crippen molar-refractivity contribution < 1.29 is 9.18 Å². The van der Waals surface area contributed by atoms with E-state index in [0.717, 1.165) is 0 Å². The van der Waals surface area contributed by atoms with Crippen LogP contribution < -0.4 is 5.32 Å². The molecule has 1 amide bonds. The lowest BCUT2D eigenvalue weighted by Gasteiger charge is -2.05. The third-order valence-electron chi connectivity index (χ3n) is 2.33. The summed E-state index contributed by atoms with van der Waals surface area (Å²) < 4.78 is 11.9. The largest absolute Gasteiger partial charge is 0.326 e. The number of rotatable bonds is 2. The predicted molar refractivity (Wildman–Crippen MR) is 62.6 cm³/mol. The highest BCUT2D eigenvalue weighted by Crippen LogP contribution is 2.53. The summed E-state index contributed by atoms with van der Waals surface area (Å²) in [5.74, 6) is -1.23. The Morgan fingerprint density at radius 2 is 2.12 bits per heavy atom. The molecule has 0 spiro atoms. The molecule has 2 rings (SSSR count). The number of alkyl halides is 2. The van der Waals surface area contributed by atoms with Crippen molar-refractivity contribution >= 4 is 46.4 Å². The lowest BCUT2D eigenvalue weighted by atomic mass is 10.3. The molecule has 0 unspecified atom stereocenters. The van der Waals surface area contributed by atoms with Crippen LogP contribution in [0.15, 0.2) is 18.2 Å². The zero-order valence-corrected chi connectivity index (χ0v) is 10.2. The summed E-state index contributed by atoms with van der Waals surface area (Å²) in [6, 6.07) is 3.94. The average molecular weight is 283 g/mol. The zero-order valence-electron chi connectivity index (χ0n) is 7.94. The average Bonchev–Trinajstić information content (AvgIpc) is 2.82. The van der Waals surface area contributed by atoms with E-state index in [9.17, 15) is 9.18 Å². The van der Waals surface area contributed by atoms with Crippen molar-refractivity contribution in [2.75, 3.05) is 5.32 Å². The third kappa shape index (κ3) is 2.42. The van der Waals surface area contributed by atoms with Crippen LogP contribution in [-0.4, -0.2) is 10.2 Å². The standard InChI is InChI=1S/C10H7Cl3FNO/c11-7-3-5(1-2-8(7)14)15-9(16)6-4-10(6,12)13/h1-3,6H,4H2,(H,15,16)/t6-/m1/s1. The summed E-state index contributed by atoms with van der Waals surface area (Å²) >= 11 is 17.1. The molecule has 86 valence electrons. The highest BCUT2D eigenvalue weighted by molar-refractivity contribution is 6.52. The molecule has 0 heterocycles. The lowest BCUT2D eigenvalue weighted by Crippen LogP contribution is -2.16. The van der Waals surface area contributed by atoms with Gasteiger partial charge in [-0.2, -0.15) is 0 Å². The maximum absolute atomic E-state index is 12.8.